The Labute approximate surface area is 129 Å². The normalized spacial score (nSPS) is 28.0. The number of piperazine rings is 1. The van der Waals surface area contributed by atoms with Crippen molar-refractivity contribution >= 4 is 0 Å². The predicted octanol–water partition coefficient (Wildman–Crippen LogP) is 3.61. The topological polar surface area (TPSA) is 15.3 Å². The Kier molecular flexibility index (Phi) is 5.32. The quantitative estimate of drug-likeness (QED) is 0.889. The number of nitrogens with zero attached hydrogens (tertiary/aromatic N) is 1. The van der Waals surface area contributed by atoms with Crippen molar-refractivity contribution in [1.29, 1.82) is 0 Å². The minimum Gasteiger partial charge on any atom is -0.311 e. The van der Waals surface area contributed by atoms with E-state index < -0.39 is 0 Å². The van der Waals surface area contributed by atoms with Crippen molar-refractivity contribution in [3.8, 4) is 0 Å². The average Bonchev–Trinajstić information content (AvgIpc) is 3.04. The summed E-state index contributed by atoms with van der Waals surface area (Å²) >= 11 is 0. The van der Waals surface area contributed by atoms with Crippen molar-refractivity contribution in [2.75, 3.05) is 13.1 Å². The van der Waals surface area contributed by atoms with E-state index in [4.69, 9.17) is 0 Å². The van der Waals surface area contributed by atoms with E-state index >= 15 is 0 Å². The maximum Gasteiger partial charge on any atom is 0.0264 e. The molecule has 0 bridgehead atoms. The molecule has 1 aromatic carbocycles. The van der Waals surface area contributed by atoms with Gasteiger partial charge < -0.3 is 5.32 Å². The lowest BCUT2D eigenvalue weighted by molar-refractivity contribution is 0.0808. The Bertz CT molecular complexity index is 411. The molecule has 0 aromatic heterocycles. The third-order valence-corrected chi connectivity index (χ3v) is 5.29. The highest BCUT2D eigenvalue weighted by molar-refractivity contribution is 5.16. The molecule has 1 aromatic rings. The molecule has 1 saturated heterocycles. The molecule has 2 unspecified atom stereocenters. The van der Waals surface area contributed by atoms with Crippen molar-refractivity contribution in [3.63, 3.8) is 0 Å². The summed E-state index contributed by atoms with van der Waals surface area (Å²) in [5.41, 5.74) is 1.49. The van der Waals surface area contributed by atoms with Gasteiger partial charge in [0.1, 0.15) is 0 Å². The molecule has 1 aliphatic carbocycles. The first-order valence-electron chi connectivity index (χ1n) is 8.90. The van der Waals surface area contributed by atoms with Crippen LogP contribution in [0.25, 0.3) is 0 Å². The van der Waals surface area contributed by atoms with E-state index in [2.05, 4.69) is 47.5 Å². The Hall–Kier alpha value is -0.860. The molecule has 1 saturated carbocycles. The molecule has 2 atom stereocenters. The van der Waals surface area contributed by atoms with E-state index in [9.17, 15) is 0 Å². The largest absolute Gasteiger partial charge is 0.311 e. The minimum absolute atomic E-state index is 0.684. The zero-order chi connectivity index (χ0) is 14.5. The van der Waals surface area contributed by atoms with Gasteiger partial charge >= 0.3 is 0 Å². The Balaban J connectivity index is 1.68. The Morgan fingerprint density at radius 3 is 2.62 bits per heavy atom. The standard InChI is InChI=1S/C19H30N2/c1-2-8-17-15-21(18-11-6-7-12-18)19(14-20-17)13-16-9-4-3-5-10-16/h3-5,9-10,17-20H,2,6-8,11-15H2,1H3. The Morgan fingerprint density at radius 1 is 1.14 bits per heavy atom. The fraction of sp³-hybridized carbons (Fsp3) is 0.684. The van der Waals surface area contributed by atoms with E-state index in [1.165, 1.54) is 57.1 Å². The lowest BCUT2D eigenvalue weighted by atomic mass is 9.97. The molecule has 3 rings (SSSR count). The molecule has 0 spiro atoms. The van der Waals surface area contributed by atoms with Crippen LogP contribution < -0.4 is 5.32 Å². The average molecular weight is 286 g/mol. The molecule has 116 valence electrons. The molecule has 0 radical (unpaired) electrons. The maximum atomic E-state index is 3.80. The van der Waals surface area contributed by atoms with E-state index in [0.717, 1.165) is 12.6 Å². The molecule has 2 heteroatoms. The summed E-state index contributed by atoms with van der Waals surface area (Å²) < 4.78 is 0. The zero-order valence-corrected chi connectivity index (χ0v) is 13.4. The second kappa shape index (κ2) is 7.42. The summed E-state index contributed by atoms with van der Waals surface area (Å²) in [7, 11) is 0. The number of hydrogen-bond acceptors (Lipinski definition) is 2. The monoisotopic (exact) mass is 286 g/mol. The van der Waals surface area contributed by atoms with Gasteiger partial charge in [0, 0.05) is 31.2 Å². The second-order valence-electron chi connectivity index (χ2n) is 6.87. The van der Waals surface area contributed by atoms with Crippen LogP contribution in [-0.2, 0) is 6.42 Å². The smallest absolute Gasteiger partial charge is 0.0264 e. The molecule has 1 aliphatic heterocycles. The van der Waals surface area contributed by atoms with Gasteiger partial charge in [0.2, 0.25) is 0 Å². The fourth-order valence-electron chi connectivity index (χ4n) is 4.19. The fourth-order valence-corrected chi connectivity index (χ4v) is 4.19. The molecule has 0 amide bonds. The molecule has 1 N–H and O–H groups in total. The third-order valence-electron chi connectivity index (χ3n) is 5.29. The van der Waals surface area contributed by atoms with Gasteiger partial charge in [-0.3, -0.25) is 4.90 Å². The lowest BCUT2D eigenvalue weighted by Crippen LogP contribution is -2.59. The third kappa shape index (κ3) is 3.87. The molecular weight excluding hydrogens is 256 g/mol. The zero-order valence-electron chi connectivity index (χ0n) is 13.4. The van der Waals surface area contributed by atoms with Crippen LogP contribution in [0.2, 0.25) is 0 Å². The van der Waals surface area contributed by atoms with Crippen molar-refractivity contribution in [2.24, 2.45) is 0 Å². The second-order valence-corrected chi connectivity index (χ2v) is 6.87. The highest BCUT2D eigenvalue weighted by Crippen LogP contribution is 2.28. The molecule has 21 heavy (non-hydrogen) atoms. The number of rotatable bonds is 5. The van der Waals surface area contributed by atoms with Crippen LogP contribution in [0, 0.1) is 0 Å². The highest BCUT2D eigenvalue weighted by Gasteiger charge is 2.33. The first-order chi connectivity index (χ1) is 10.4. The van der Waals surface area contributed by atoms with Crippen LogP contribution in [0.4, 0.5) is 0 Å². The molecule has 1 heterocycles. The van der Waals surface area contributed by atoms with Gasteiger partial charge in [-0.25, -0.2) is 0 Å². The molecule has 2 fully saturated rings. The highest BCUT2D eigenvalue weighted by atomic mass is 15.3. The molecule has 2 nitrogen and oxygen atoms in total. The summed E-state index contributed by atoms with van der Waals surface area (Å²) in [4.78, 5) is 2.86. The van der Waals surface area contributed by atoms with Gasteiger partial charge in [0.25, 0.3) is 0 Å². The molecular formula is C19H30N2. The summed E-state index contributed by atoms with van der Waals surface area (Å²) in [5, 5.41) is 3.80. The summed E-state index contributed by atoms with van der Waals surface area (Å²) in [6.45, 7) is 4.73. The first kappa shape index (κ1) is 15.1. The molecule has 2 aliphatic rings. The summed E-state index contributed by atoms with van der Waals surface area (Å²) in [6, 6.07) is 13.3. The van der Waals surface area contributed by atoms with E-state index in [0.29, 0.717) is 12.1 Å². The predicted molar refractivity (Wildman–Crippen MR) is 89.6 cm³/mol. The van der Waals surface area contributed by atoms with Gasteiger partial charge in [-0.05, 0) is 31.2 Å². The lowest BCUT2D eigenvalue weighted by Gasteiger charge is -2.44. The number of benzene rings is 1. The van der Waals surface area contributed by atoms with Crippen LogP contribution >= 0.6 is 0 Å². The van der Waals surface area contributed by atoms with Crippen LogP contribution in [0.15, 0.2) is 30.3 Å². The van der Waals surface area contributed by atoms with Crippen LogP contribution in [0.1, 0.15) is 51.0 Å². The van der Waals surface area contributed by atoms with Crippen LogP contribution in [-0.4, -0.2) is 36.1 Å². The SMILES string of the molecule is CCCC1CN(C2CCCC2)C(Cc2ccccc2)CN1. The van der Waals surface area contributed by atoms with Gasteiger partial charge in [-0.1, -0.05) is 56.5 Å². The summed E-state index contributed by atoms with van der Waals surface area (Å²) in [6.07, 6.45) is 9.52. The van der Waals surface area contributed by atoms with Gasteiger partial charge in [-0.15, -0.1) is 0 Å². The van der Waals surface area contributed by atoms with Crippen molar-refractivity contribution in [1.82, 2.24) is 10.2 Å². The first-order valence-corrected chi connectivity index (χ1v) is 8.90. The van der Waals surface area contributed by atoms with Crippen molar-refractivity contribution in [3.05, 3.63) is 35.9 Å². The van der Waals surface area contributed by atoms with Crippen molar-refractivity contribution in [2.45, 2.75) is 70.0 Å². The Morgan fingerprint density at radius 2 is 1.90 bits per heavy atom. The van der Waals surface area contributed by atoms with E-state index in [-0.39, 0.29) is 0 Å². The van der Waals surface area contributed by atoms with E-state index in [1.54, 1.807) is 0 Å². The minimum atomic E-state index is 0.684. The van der Waals surface area contributed by atoms with Gasteiger partial charge in [0.05, 0.1) is 0 Å². The van der Waals surface area contributed by atoms with Crippen LogP contribution in [0.5, 0.6) is 0 Å². The summed E-state index contributed by atoms with van der Waals surface area (Å²) in [5.74, 6) is 0. The van der Waals surface area contributed by atoms with Crippen molar-refractivity contribution < 1.29 is 0 Å². The van der Waals surface area contributed by atoms with E-state index in [1.807, 2.05) is 0 Å². The maximum absolute atomic E-state index is 3.80. The number of hydrogen-bond donors (Lipinski definition) is 1. The van der Waals surface area contributed by atoms with Gasteiger partial charge in [0.15, 0.2) is 0 Å². The van der Waals surface area contributed by atoms with Crippen LogP contribution in [0.3, 0.4) is 0 Å². The van der Waals surface area contributed by atoms with Gasteiger partial charge in [-0.2, -0.15) is 0 Å². The number of nitrogens with one attached hydrogen (secondary N) is 1.